The van der Waals surface area contributed by atoms with Gasteiger partial charge in [0.25, 0.3) is 0 Å². The summed E-state index contributed by atoms with van der Waals surface area (Å²) in [4.78, 5) is 0. The van der Waals surface area contributed by atoms with Gasteiger partial charge in [0, 0.05) is 10.8 Å². The van der Waals surface area contributed by atoms with Crippen molar-refractivity contribution in [3.05, 3.63) is 179 Å². The molecule has 8 rings (SSSR count). The molecule has 6 aromatic rings. The lowest BCUT2D eigenvalue weighted by Crippen LogP contribution is -2.39. The largest absolute Gasteiger partial charge is 0.508 e. The zero-order chi connectivity index (χ0) is 27.6. The maximum atomic E-state index is 10.3. The average molecular weight is 529 g/mol. The summed E-state index contributed by atoms with van der Waals surface area (Å²) in [5.74, 6) is 0.515. The molecule has 0 aromatic heterocycles. The van der Waals surface area contributed by atoms with Gasteiger partial charge in [-0.3, -0.25) is 0 Å². The lowest BCUT2D eigenvalue weighted by Gasteiger charge is -2.43. The Labute approximate surface area is 239 Å². The van der Waals surface area contributed by atoms with Gasteiger partial charge in [0.1, 0.15) is 11.5 Å². The third-order valence-corrected chi connectivity index (χ3v) is 9.38. The summed E-state index contributed by atoms with van der Waals surface area (Å²) in [5, 5.41) is 20.7. The van der Waals surface area contributed by atoms with E-state index in [2.05, 4.69) is 121 Å². The average Bonchev–Trinajstić information content (AvgIpc) is 3.47. The van der Waals surface area contributed by atoms with E-state index in [0.717, 1.165) is 17.5 Å². The molecular weight excluding hydrogens is 500 g/mol. The Kier molecular flexibility index (Phi) is 5.05. The number of phenolic OH excluding ortho intramolecular Hbond substituents is 2. The minimum Gasteiger partial charge on any atom is -0.508 e. The lowest BCUT2D eigenvalue weighted by molar-refractivity contribution is 0.448. The van der Waals surface area contributed by atoms with E-state index in [9.17, 15) is 10.2 Å². The van der Waals surface area contributed by atoms with Crippen LogP contribution in [-0.4, -0.2) is 10.2 Å². The van der Waals surface area contributed by atoms with Crippen molar-refractivity contribution < 1.29 is 10.2 Å². The van der Waals surface area contributed by atoms with Crippen LogP contribution in [0.4, 0.5) is 0 Å². The van der Waals surface area contributed by atoms with Crippen molar-refractivity contribution in [1.82, 2.24) is 0 Å². The molecule has 0 radical (unpaired) electrons. The lowest BCUT2D eigenvalue weighted by atomic mass is 9.58. The van der Waals surface area contributed by atoms with Crippen molar-refractivity contribution in [3.63, 3.8) is 0 Å². The van der Waals surface area contributed by atoms with E-state index in [1.807, 2.05) is 24.3 Å². The summed E-state index contributed by atoms with van der Waals surface area (Å²) in [7, 11) is 0. The Hall–Kier alpha value is -5.08. The maximum Gasteiger partial charge on any atom is 0.115 e. The van der Waals surface area contributed by atoms with Gasteiger partial charge in [-0.25, -0.2) is 0 Å². The monoisotopic (exact) mass is 528 g/mol. The van der Waals surface area contributed by atoms with Crippen molar-refractivity contribution in [2.75, 3.05) is 0 Å². The number of hydrogen-bond acceptors (Lipinski definition) is 2. The van der Waals surface area contributed by atoms with E-state index in [0.29, 0.717) is 0 Å². The minimum atomic E-state index is -0.511. The van der Waals surface area contributed by atoms with Crippen LogP contribution in [0.5, 0.6) is 11.5 Å². The molecule has 0 heterocycles. The number of rotatable bonds is 4. The van der Waals surface area contributed by atoms with E-state index in [1.54, 1.807) is 0 Å². The van der Waals surface area contributed by atoms with E-state index in [1.165, 1.54) is 44.5 Å². The zero-order valence-corrected chi connectivity index (χ0v) is 22.5. The summed E-state index contributed by atoms with van der Waals surface area (Å²) in [5.41, 5.74) is 11.3. The SMILES string of the molecule is Oc1ccc(C2(CC3(c4ccc(O)cc4)c4ccccc4-c4ccccc43)c3ccccc3-c3ccccc32)cc1. The number of hydrogen-bond donors (Lipinski definition) is 2. The van der Waals surface area contributed by atoms with Gasteiger partial charge in [-0.15, -0.1) is 0 Å². The molecule has 0 bridgehead atoms. The molecule has 196 valence electrons. The summed E-state index contributed by atoms with van der Waals surface area (Å²) in [6.45, 7) is 0. The first-order valence-corrected chi connectivity index (χ1v) is 14.1. The van der Waals surface area contributed by atoms with Gasteiger partial charge in [-0.1, -0.05) is 121 Å². The molecule has 2 heteroatoms. The fraction of sp³-hybridized carbons (Fsp3) is 0.0769. The van der Waals surface area contributed by atoms with Crippen LogP contribution in [0.15, 0.2) is 146 Å². The molecule has 2 nitrogen and oxygen atoms in total. The fourth-order valence-corrected chi connectivity index (χ4v) is 7.75. The molecule has 0 fully saturated rings. The van der Waals surface area contributed by atoms with Crippen LogP contribution in [0.25, 0.3) is 22.3 Å². The molecule has 2 aliphatic rings. The van der Waals surface area contributed by atoms with Gasteiger partial charge in [0.2, 0.25) is 0 Å². The van der Waals surface area contributed by atoms with Gasteiger partial charge in [-0.2, -0.15) is 0 Å². The van der Waals surface area contributed by atoms with E-state index in [-0.39, 0.29) is 11.5 Å². The maximum absolute atomic E-state index is 10.3. The Morgan fingerprint density at radius 1 is 0.341 bits per heavy atom. The first-order valence-electron chi connectivity index (χ1n) is 14.1. The van der Waals surface area contributed by atoms with Crippen molar-refractivity contribution in [1.29, 1.82) is 0 Å². The van der Waals surface area contributed by atoms with Gasteiger partial charge in [-0.05, 0) is 86.3 Å². The molecule has 0 unspecified atom stereocenters. The molecule has 0 saturated carbocycles. The molecule has 0 atom stereocenters. The molecule has 0 saturated heterocycles. The smallest absolute Gasteiger partial charge is 0.115 e. The second-order valence-electron chi connectivity index (χ2n) is 11.3. The van der Waals surface area contributed by atoms with E-state index >= 15 is 0 Å². The Bertz CT molecular complexity index is 1700. The van der Waals surface area contributed by atoms with Gasteiger partial charge in [0.05, 0.1) is 0 Å². The summed E-state index contributed by atoms with van der Waals surface area (Å²) < 4.78 is 0. The van der Waals surface area contributed by atoms with Crippen molar-refractivity contribution >= 4 is 0 Å². The van der Waals surface area contributed by atoms with Crippen LogP contribution in [0.3, 0.4) is 0 Å². The predicted octanol–water partition coefficient (Wildman–Crippen LogP) is 8.82. The van der Waals surface area contributed by atoms with E-state index < -0.39 is 10.8 Å². The molecule has 2 N–H and O–H groups in total. The first-order chi connectivity index (χ1) is 20.1. The summed E-state index contributed by atoms with van der Waals surface area (Å²) in [6, 6.07) is 50.7. The van der Waals surface area contributed by atoms with Crippen molar-refractivity contribution in [2.24, 2.45) is 0 Å². The highest BCUT2D eigenvalue weighted by Gasteiger charge is 2.54. The Morgan fingerprint density at radius 3 is 0.902 bits per heavy atom. The third kappa shape index (κ3) is 3.19. The highest BCUT2D eigenvalue weighted by molar-refractivity contribution is 5.87. The fourth-order valence-electron chi connectivity index (χ4n) is 7.75. The molecule has 41 heavy (non-hydrogen) atoms. The van der Waals surface area contributed by atoms with Crippen LogP contribution < -0.4 is 0 Å². The van der Waals surface area contributed by atoms with Crippen LogP contribution >= 0.6 is 0 Å². The van der Waals surface area contributed by atoms with E-state index in [4.69, 9.17) is 0 Å². The van der Waals surface area contributed by atoms with Crippen molar-refractivity contribution in [3.8, 4) is 33.8 Å². The number of aromatic hydroxyl groups is 2. The van der Waals surface area contributed by atoms with Gasteiger partial charge >= 0.3 is 0 Å². The molecule has 0 amide bonds. The van der Waals surface area contributed by atoms with Gasteiger partial charge < -0.3 is 10.2 Å². The zero-order valence-electron chi connectivity index (χ0n) is 22.5. The number of fused-ring (bicyclic) bond motifs is 6. The molecule has 6 aromatic carbocycles. The Morgan fingerprint density at radius 2 is 0.610 bits per heavy atom. The molecule has 0 spiro atoms. The van der Waals surface area contributed by atoms with Gasteiger partial charge in [0.15, 0.2) is 0 Å². The number of benzene rings is 6. The minimum absolute atomic E-state index is 0.258. The quantitative estimate of drug-likeness (QED) is 0.240. The Balaban J connectivity index is 1.52. The second kappa shape index (κ2) is 8.71. The topological polar surface area (TPSA) is 40.5 Å². The third-order valence-electron chi connectivity index (χ3n) is 9.38. The number of phenols is 2. The van der Waals surface area contributed by atoms with Crippen LogP contribution in [0.1, 0.15) is 39.8 Å². The summed E-state index contributed by atoms with van der Waals surface area (Å²) in [6.07, 6.45) is 0.734. The highest BCUT2D eigenvalue weighted by atomic mass is 16.3. The summed E-state index contributed by atoms with van der Waals surface area (Å²) >= 11 is 0. The highest BCUT2D eigenvalue weighted by Crippen LogP contribution is 2.63. The normalized spacial score (nSPS) is 15.0. The second-order valence-corrected chi connectivity index (χ2v) is 11.3. The van der Waals surface area contributed by atoms with Crippen LogP contribution in [-0.2, 0) is 10.8 Å². The molecular formula is C39H28O2. The first kappa shape index (κ1) is 23.8. The molecule has 0 aliphatic heterocycles. The standard InChI is InChI=1S/C39H28O2/c40-28-21-17-26(18-22-28)38(34-13-5-1-9-30(34)31-10-2-6-14-35(31)38)25-39(27-19-23-29(41)24-20-27)36-15-7-3-11-32(36)33-12-4-8-16-37(33)39/h1-24,40-41H,25H2. The predicted molar refractivity (Wildman–Crippen MR) is 164 cm³/mol. The van der Waals surface area contributed by atoms with Crippen LogP contribution in [0.2, 0.25) is 0 Å². The van der Waals surface area contributed by atoms with Crippen LogP contribution in [0, 0.1) is 0 Å². The molecule has 2 aliphatic carbocycles. The van der Waals surface area contributed by atoms with Crippen molar-refractivity contribution in [2.45, 2.75) is 17.3 Å².